The predicted octanol–water partition coefficient (Wildman–Crippen LogP) is 4.37. The van der Waals surface area contributed by atoms with Crippen LogP contribution in [0.1, 0.15) is 11.1 Å². The maximum atomic E-state index is 12.5. The molecule has 0 unspecified atom stereocenters. The Morgan fingerprint density at radius 3 is 2.74 bits per heavy atom. The Balaban J connectivity index is 1.53. The van der Waals surface area contributed by atoms with E-state index in [1.807, 2.05) is 42.5 Å². The molecule has 0 saturated carbocycles. The highest BCUT2D eigenvalue weighted by Crippen LogP contribution is 2.41. The molecule has 3 aromatic rings. The lowest BCUT2D eigenvalue weighted by molar-refractivity contribution is 0.183. The van der Waals surface area contributed by atoms with Crippen molar-refractivity contribution in [2.75, 3.05) is 7.11 Å². The highest BCUT2D eigenvalue weighted by Gasteiger charge is 2.36. The van der Waals surface area contributed by atoms with Crippen LogP contribution in [0.5, 0.6) is 11.5 Å². The molecule has 2 aliphatic rings. The van der Waals surface area contributed by atoms with E-state index in [2.05, 4.69) is 18.2 Å². The van der Waals surface area contributed by atoms with Crippen molar-refractivity contribution in [2.45, 2.75) is 12.5 Å². The molecule has 0 N–H and O–H groups in total. The van der Waals surface area contributed by atoms with E-state index in [1.54, 1.807) is 13.2 Å². The van der Waals surface area contributed by atoms with Crippen LogP contribution in [0.15, 0.2) is 75.5 Å². The van der Waals surface area contributed by atoms with Crippen LogP contribution in [-0.2, 0) is 6.42 Å². The summed E-state index contributed by atoms with van der Waals surface area (Å²) in [7, 11) is 1.66. The monoisotopic (exact) mass is 358 g/mol. The van der Waals surface area contributed by atoms with Gasteiger partial charge in [-0.2, -0.15) is 0 Å². The number of allylic oxidation sites excluding steroid dienone is 1. The van der Waals surface area contributed by atoms with E-state index in [-0.39, 0.29) is 17.6 Å². The molecular formula is C23H18O4. The Labute approximate surface area is 156 Å². The summed E-state index contributed by atoms with van der Waals surface area (Å²) in [5.74, 6) is 1.61. The summed E-state index contributed by atoms with van der Waals surface area (Å²) < 4.78 is 17.0. The largest absolute Gasteiger partial charge is 0.497 e. The van der Waals surface area contributed by atoms with E-state index in [1.165, 1.54) is 0 Å². The molecule has 2 atom stereocenters. The number of fused-ring (bicyclic) bond motifs is 4. The first kappa shape index (κ1) is 15.9. The molecule has 0 fully saturated rings. The van der Waals surface area contributed by atoms with Gasteiger partial charge in [0.15, 0.2) is 0 Å². The number of para-hydroxylation sites is 1. The molecule has 0 radical (unpaired) electrons. The first-order valence-corrected chi connectivity index (χ1v) is 8.98. The molecule has 1 aromatic heterocycles. The second kappa shape index (κ2) is 6.16. The Kier molecular flexibility index (Phi) is 3.64. The highest BCUT2D eigenvalue weighted by molar-refractivity contribution is 5.84. The Morgan fingerprint density at radius 2 is 1.93 bits per heavy atom. The molecule has 0 saturated heterocycles. The molecule has 2 aromatic carbocycles. The third-order valence-electron chi connectivity index (χ3n) is 5.29. The van der Waals surface area contributed by atoms with Crippen LogP contribution in [0.3, 0.4) is 0 Å². The summed E-state index contributed by atoms with van der Waals surface area (Å²) in [4.78, 5) is 12.5. The Bertz CT molecular complexity index is 1140. The van der Waals surface area contributed by atoms with Crippen molar-refractivity contribution >= 4 is 17.0 Å². The summed E-state index contributed by atoms with van der Waals surface area (Å²) in [5, 5.41) is 0.853. The fraction of sp³-hybridized carbons (Fsp3) is 0.174. The molecule has 1 aliphatic carbocycles. The molecule has 4 nitrogen and oxygen atoms in total. The van der Waals surface area contributed by atoms with Crippen LogP contribution in [0.2, 0.25) is 0 Å². The molecule has 1 aliphatic heterocycles. The van der Waals surface area contributed by atoms with Crippen LogP contribution in [0.4, 0.5) is 0 Å². The van der Waals surface area contributed by atoms with Crippen LogP contribution >= 0.6 is 0 Å². The van der Waals surface area contributed by atoms with Gasteiger partial charge in [-0.3, -0.25) is 0 Å². The van der Waals surface area contributed by atoms with Crippen molar-refractivity contribution in [2.24, 2.45) is 5.92 Å². The van der Waals surface area contributed by atoms with Crippen molar-refractivity contribution in [1.29, 1.82) is 0 Å². The summed E-state index contributed by atoms with van der Waals surface area (Å²) in [6.45, 7) is 0. The Morgan fingerprint density at radius 1 is 1.11 bits per heavy atom. The molecule has 0 amide bonds. The van der Waals surface area contributed by atoms with Gasteiger partial charge in [0.2, 0.25) is 0 Å². The number of rotatable bonds is 2. The number of ether oxygens (including phenoxy) is 2. The molecular weight excluding hydrogens is 340 g/mol. The fourth-order valence-electron chi connectivity index (χ4n) is 3.88. The zero-order valence-electron chi connectivity index (χ0n) is 14.8. The first-order valence-electron chi connectivity index (χ1n) is 8.98. The van der Waals surface area contributed by atoms with Crippen LogP contribution < -0.4 is 15.1 Å². The molecule has 134 valence electrons. The lowest BCUT2D eigenvalue weighted by Crippen LogP contribution is -2.32. The van der Waals surface area contributed by atoms with E-state index < -0.39 is 0 Å². The van der Waals surface area contributed by atoms with Gasteiger partial charge in [-0.1, -0.05) is 36.4 Å². The lowest BCUT2D eigenvalue weighted by atomic mass is 9.88. The SMILES string of the molecule is COc1ccc(/C=C2/C=C[C@@H]3Oc4c(c(=O)oc5ccccc45)C[C@H]23)cc1. The van der Waals surface area contributed by atoms with Crippen molar-refractivity contribution < 1.29 is 13.9 Å². The minimum Gasteiger partial charge on any atom is -0.497 e. The van der Waals surface area contributed by atoms with Crippen LogP contribution in [-0.4, -0.2) is 13.2 Å². The molecule has 4 heteroatoms. The molecule has 2 heterocycles. The third-order valence-corrected chi connectivity index (χ3v) is 5.29. The molecule has 5 rings (SSSR count). The zero-order valence-corrected chi connectivity index (χ0v) is 14.8. The quantitative estimate of drug-likeness (QED) is 0.638. The topological polar surface area (TPSA) is 48.7 Å². The number of hydrogen-bond donors (Lipinski definition) is 0. The van der Waals surface area contributed by atoms with E-state index in [0.717, 1.165) is 22.3 Å². The van der Waals surface area contributed by atoms with Gasteiger partial charge in [0, 0.05) is 5.92 Å². The van der Waals surface area contributed by atoms with E-state index in [9.17, 15) is 4.79 Å². The average Bonchev–Trinajstić information content (AvgIpc) is 3.09. The van der Waals surface area contributed by atoms with Crippen LogP contribution in [0.25, 0.3) is 17.0 Å². The average molecular weight is 358 g/mol. The molecule has 0 bridgehead atoms. The van der Waals surface area contributed by atoms with E-state index in [4.69, 9.17) is 13.9 Å². The predicted molar refractivity (Wildman–Crippen MR) is 104 cm³/mol. The second-order valence-electron chi connectivity index (χ2n) is 6.86. The number of hydrogen-bond acceptors (Lipinski definition) is 4. The van der Waals surface area contributed by atoms with E-state index >= 15 is 0 Å². The highest BCUT2D eigenvalue weighted by atomic mass is 16.5. The van der Waals surface area contributed by atoms with Crippen LogP contribution in [0, 0.1) is 5.92 Å². The van der Waals surface area contributed by atoms with Crippen molar-refractivity contribution in [3.63, 3.8) is 0 Å². The summed E-state index contributed by atoms with van der Waals surface area (Å²) in [6.07, 6.45) is 6.86. The maximum Gasteiger partial charge on any atom is 0.343 e. The van der Waals surface area contributed by atoms with Gasteiger partial charge in [0.25, 0.3) is 0 Å². The number of methoxy groups -OCH3 is 1. The minimum absolute atomic E-state index is 0.0628. The standard InChI is InChI=1S/C23H18O4/c1-25-16-9-6-14(7-10-16)12-15-8-11-21-18(15)13-19-22(26-21)17-4-2-3-5-20(17)27-23(19)24/h2-12,18,21H,13H2,1H3/b15-12-/t18-,21+/m1/s1. The third kappa shape index (κ3) is 2.65. The molecule has 27 heavy (non-hydrogen) atoms. The first-order chi connectivity index (χ1) is 13.2. The van der Waals surface area contributed by atoms with Crippen molar-refractivity contribution in [3.8, 4) is 11.5 Å². The summed E-state index contributed by atoms with van der Waals surface area (Å²) in [6, 6.07) is 15.4. The maximum absolute atomic E-state index is 12.5. The fourth-order valence-corrected chi connectivity index (χ4v) is 3.88. The van der Waals surface area contributed by atoms with Gasteiger partial charge in [0.05, 0.1) is 18.1 Å². The molecule has 0 spiro atoms. The van der Waals surface area contributed by atoms with Gasteiger partial charge in [0.1, 0.15) is 23.2 Å². The van der Waals surface area contributed by atoms with Gasteiger partial charge in [-0.15, -0.1) is 0 Å². The van der Waals surface area contributed by atoms with Gasteiger partial charge in [-0.25, -0.2) is 4.79 Å². The van der Waals surface area contributed by atoms with Crippen molar-refractivity contribution in [3.05, 3.63) is 87.8 Å². The van der Waals surface area contributed by atoms with E-state index in [0.29, 0.717) is 23.3 Å². The second-order valence-corrected chi connectivity index (χ2v) is 6.86. The summed E-state index contributed by atoms with van der Waals surface area (Å²) >= 11 is 0. The number of benzene rings is 2. The van der Waals surface area contributed by atoms with Gasteiger partial charge < -0.3 is 13.9 Å². The zero-order chi connectivity index (χ0) is 18.4. The van der Waals surface area contributed by atoms with Gasteiger partial charge in [-0.05, 0) is 47.9 Å². The van der Waals surface area contributed by atoms with Gasteiger partial charge >= 0.3 is 5.63 Å². The normalized spacial score (nSPS) is 21.7. The minimum atomic E-state index is -0.308. The smallest absolute Gasteiger partial charge is 0.343 e. The van der Waals surface area contributed by atoms with Crippen molar-refractivity contribution in [1.82, 2.24) is 0 Å². The summed E-state index contributed by atoms with van der Waals surface area (Å²) in [5.41, 5.74) is 3.13. The lowest BCUT2D eigenvalue weighted by Gasteiger charge is -2.29. The Hall–Kier alpha value is -3.27.